The van der Waals surface area contributed by atoms with Gasteiger partial charge < -0.3 is 10.1 Å². The Balaban J connectivity index is 2.05. The fraction of sp³-hybridized carbons (Fsp3) is 0.667. The molecule has 0 saturated heterocycles. The Kier molecular flexibility index (Phi) is 5.47. The van der Waals surface area contributed by atoms with Gasteiger partial charge >= 0.3 is 0 Å². The van der Waals surface area contributed by atoms with Gasteiger partial charge in [-0.15, -0.1) is 0 Å². The van der Waals surface area contributed by atoms with Gasteiger partial charge in [-0.2, -0.15) is 0 Å². The summed E-state index contributed by atoms with van der Waals surface area (Å²) in [6.07, 6.45) is 5.24. The van der Waals surface area contributed by atoms with Crippen LogP contribution in [0.3, 0.4) is 0 Å². The molecule has 1 saturated carbocycles. The Morgan fingerprint density at radius 3 is 2.65 bits per heavy atom. The Morgan fingerprint density at radius 2 is 2.05 bits per heavy atom. The van der Waals surface area contributed by atoms with Crippen molar-refractivity contribution in [3.8, 4) is 5.75 Å². The predicted molar refractivity (Wildman–Crippen MR) is 85.6 cm³/mol. The lowest BCUT2D eigenvalue weighted by Crippen LogP contribution is -2.32. The minimum Gasteiger partial charge on any atom is -0.489 e. The number of rotatable bonds is 8. The number of hydrogen-bond donors (Lipinski definition) is 1. The maximum Gasteiger partial charge on any atom is 0.123 e. The van der Waals surface area contributed by atoms with E-state index >= 15 is 0 Å². The Bertz CT molecular complexity index is 423. The molecular weight excluding hydrogens is 246 g/mol. The normalized spacial score (nSPS) is 16.4. The molecule has 1 atom stereocenters. The van der Waals surface area contributed by atoms with Gasteiger partial charge in [-0.05, 0) is 49.3 Å². The molecule has 1 unspecified atom stereocenters. The summed E-state index contributed by atoms with van der Waals surface area (Å²) in [6.45, 7) is 9.80. The van der Waals surface area contributed by atoms with Gasteiger partial charge in [0.2, 0.25) is 0 Å². The van der Waals surface area contributed by atoms with Crippen LogP contribution < -0.4 is 10.1 Å². The topological polar surface area (TPSA) is 21.3 Å². The molecule has 1 aliphatic carbocycles. The number of hydrogen-bond acceptors (Lipinski definition) is 2. The fourth-order valence-corrected chi connectivity index (χ4v) is 2.51. The second-order valence-electron chi connectivity index (χ2n) is 6.41. The van der Waals surface area contributed by atoms with E-state index < -0.39 is 0 Å². The zero-order valence-corrected chi connectivity index (χ0v) is 13.4. The highest BCUT2D eigenvalue weighted by molar-refractivity contribution is 5.39. The molecule has 2 rings (SSSR count). The summed E-state index contributed by atoms with van der Waals surface area (Å²) >= 11 is 0. The second kappa shape index (κ2) is 7.12. The molecule has 0 aliphatic heterocycles. The van der Waals surface area contributed by atoms with E-state index in [-0.39, 0.29) is 0 Å². The number of ether oxygens (including phenoxy) is 1. The van der Waals surface area contributed by atoms with Crippen molar-refractivity contribution < 1.29 is 4.74 Å². The molecule has 2 heteroatoms. The summed E-state index contributed by atoms with van der Waals surface area (Å²) in [6, 6.07) is 7.33. The van der Waals surface area contributed by atoms with Crippen LogP contribution >= 0.6 is 0 Å². The van der Waals surface area contributed by atoms with E-state index in [0.717, 1.165) is 24.8 Å². The third-order valence-corrected chi connectivity index (χ3v) is 3.91. The lowest BCUT2D eigenvalue weighted by Gasteiger charge is -2.22. The second-order valence-corrected chi connectivity index (χ2v) is 6.41. The average Bonchev–Trinajstić information content (AvgIpc) is 3.20. The highest BCUT2D eigenvalue weighted by Gasteiger charge is 2.22. The molecule has 0 bridgehead atoms. The van der Waals surface area contributed by atoms with Crippen molar-refractivity contribution >= 4 is 0 Å². The van der Waals surface area contributed by atoms with Crippen molar-refractivity contribution in [2.45, 2.75) is 71.4 Å². The van der Waals surface area contributed by atoms with Gasteiger partial charge in [-0.3, -0.25) is 0 Å². The number of benzene rings is 1. The summed E-state index contributed by atoms with van der Waals surface area (Å²) < 4.78 is 6.34. The lowest BCUT2D eigenvalue weighted by atomic mass is 10.0. The molecule has 0 heterocycles. The molecule has 0 radical (unpaired) electrons. The highest BCUT2D eigenvalue weighted by Crippen LogP contribution is 2.29. The molecule has 20 heavy (non-hydrogen) atoms. The van der Waals surface area contributed by atoms with Gasteiger partial charge in [-0.1, -0.05) is 39.3 Å². The van der Waals surface area contributed by atoms with Crippen LogP contribution in [-0.4, -0.2) is 18.7 Å². The predicted octanol–water partition coefficient (Wildman–Crippen LogP) is 4.42. The van der Waals surface area contributed by atoms with E-state index in [1.165, 1.54) is 30.4 Å². The quantitative estimate of drug-likeness (QED) is 0.758. The first-order valence-electron chi connectivity index (χ1n) is 8.10. The molecule has 2 nitrogen and oxygen atoms in total. The molecule has 1 fully saturated rings. The maximum atomic E-state index is 6.34. The van der Waals surface area contributed by atoms with Crippen molar-refractivity contribution in [2.75, 3.05) is 6.54 Å². The van der Waals surface area contributed by atoms with E-state index in [4.69, 9.17) is 4.74 Å². The SMILES string of the molecule is CCCC(CNC1CC1)Oc1cc(C)ccc1C(C)C. The van der Waals surface area contributed by atoms with Crippen LogP contribution in [0.5, 0.6) is 5.75 Å². The first-order valence-corrected chi connectivity index (χ1v) is 8.10. The summed E-state index contributed by atoms with van der Waals surface area (Å²) in [5.74, 6) is 1.58. The van der Waals surface area contributed by atoms with Crippen LogP contribution in [0.4, 0.5) is 0 Å². The van der Waals surface area contributed by atoms with Crippen LogP contribution in [0.1, 0.15) is 63.5 Å². The van der Waals surface area contributed by atoms with Crippen LogP contribution in [0.25, 0.3) is 0 Å². The third-order valence-electron chi connectivity index (χ3n) is 3.91. The van der Waals surface area contributed by atoms with Gasteiger partial charge in [0.25, 0.3) is 0 Å². The van der Waals surface area contributed by atoms with E-state index in [0.29, 0.717) is 12.0 Å². The first-order chi connectivity index (χ1) is 9.60. The van der Waals surface area contributed by atoms with Crippen LogP contribution in [0.15, 0.2) is 18.2 Å². The van der Waals surface area contributed by atoms with Crippen molar-refractivity contribution in [2.24, 2.45) is 0 Å². The standard InChI is InChI=1S/C18H29NO/c1-5-6-16(12-19-15-8-9-15)20-18-11-14(4)7-10-17(18)13(2)3/h7,10-11,13,15-16,19H,5-6,8-9,12H2,1-4H3. The largest absolute Gasteiger partial charge is 0.489 e. The van der Waals surface area contributed by atoms with Crippen LogP contribution in [-0.2, 0) is 0 Å². The zero-order valence-electron chi connectivity index (χ0n) is 13.4. The van der Waals surface area contributed by atoms with Crippen LogP contribution in [0.2, 0.25) is 0 Å². The molecule has 1 aromatic rings. The smallest absolute Gasteiger partial charge is 0.123 e. The van der Waals surface area contributed by atoms with Gasteiger partial charge in [0, 0.05) is 12.6 Å². The summed E-state index contributed by atoms with van der Waals surface area (Å²) in [7, 11) is 0. The Hall–Kier alpha value is -1.02. The van der Waals surface area contributed by atoms with Crippen molar-refractivity contribution in [1.29, 1.82) is 0 Å². The van der Waals surface area contributed by atoms with Gasteiger partial charge in [0.05, 0.1) is 0 Å². The van der Waals surface area contributed by atoms with Gasteiger partial charge in [0.15, 0.2) is 0 Å². The molecule has 0 amide bonds. The molecule has 0 spiro atoms. The lowest BCUT2D eigenvalue weighted by molar-refractivity contribution is 0.183. The van der Waals surface area contributed by atoms with Gasteiger partial charge in [0.1, 0.15) is 11.9 Å². The van der Waals surface area contributed by atoms with Crippen LogP contribution in [0, 0.1) is 6.92 Å². The van der Waals surface area contributed by atoms with E-state index in [2.05, 4.69) is 51.2 Å². The number of nitrogens with one attached hydrogen (secondary N) is 1. The monoisotopic (exact) mass is 275 g/mol. The van der Waals surface area contributed by atoms with Crippen molar-refractivity contribution in [3.63, 3.8) is 0 Å². The molecule has 1 aromatic carbocycles. The minimum atomic E-state index is 0.292. The van der Waals surface area contributed by atoms with Gasteiger partial charge in [-0.25, -0.2) is 0 Å². The van der Waals surface area contributed by atoms with E-state index in [1.54, 1.807) is 0 Å². The maximum absolute atomic E-state index is 6.34. The molecule has 1 aliphatic rings. The summed E-state index contributed by atoms with van der Waals surface area (Å²) in [5, 5.41) is 3.60. The fourth-order valence-electron chi connectivity index (χ4n) is 2.51. The summed E-state index contributed by atoms with van der Waals surface area (Å²) in [4.78, 5) is 0. The third kappa shape index (κ3) is 4.52. The molecule has 1 N–H and O–H groups in total. The van der Waals surface area contributed by atoms with Crippen molar-refractivity contribution in [3.05, 3.63) is 29.3 Å². The Morgan fingerprint density at radius 1 is 1.30 bits per heavy atom. The van der Waals surface area contributed by atoms with E-state index in [1.807, 2.05) is 0 Å². The summed E-state index contributed by atoms with van der Waals surface area (Å²) in [5.41, 5.74) is 2.60. The first kappa shape index (κ1) is 15.4. The molecule has 0 aromatic heterocycles. The molecule has 112 valence electrons. The Labute approximate surface area is 123 Å². The average molecular weight is 275 g/mol. The van der Waals surface area contributed by atoms with Crippen molar-refractivity contribution in [1.82, 2.24) is 5.32 Å². The van der Waals surface area contributed by atoms with E-state index in [9.17, 15) is 0 Å². The number of aryl methyl sites for hydroxylation is 1. The minimum absolute atomic E-state index is 0.292. The zero-order chi connectivity index (χ0) is 14.5. The molecular formula is C18H29NO. The highest BCUT2D eigenvalue weighted by atomic mass is 16.5.